The highest BCUT2D eigenvalue weighted by atomic mass is 32.2. The predicted molar refractivity (Wildman–Crippen MR) is 52.4 cm³/mol. The summed E-state index contributed by atoms with van der Waals surface area (Å²) in [5.41, 5.74) is 1.04. The van der Waals surface area contributed by atoms with Gasteiger partial charge in [0, 0.05) is 11.5 Å². The van der Waals surface area contributed by atoms with Crippen molar-refractivity contribution < 1.29 is 0 Å². The molecule has 0 aliphatic rings. The Bertz CT molecular complexity index is 398. The maximum absolute atomic E-state index is 4.40. The van der Waals surface area contributed by atoms with Gasteiger partial charge in [-0.15, -0.1) is 11.8 Å². The van der Waals surface area contributed by atoms with E-state index in [0.717, 1.165) is 15.9 Å². The molecule has 1 aromatic heterocycles. The topological polar surface area (TPSA) is 12.9 Å². The van der Waals surface area contributed by atoms with Crippen molar-refractivity contribution in [3.8, 4) is 0 Å². The van der Waals surface area contributed by atoms with Gasteiger partial charge < -0.3 is 0 Å². The molecule has 1 aromatic carbocycles. The van der Waals surface area contributed by atoms with Gasteiger partial charge in [0.15, 0.2) is 0 Å². The lowest BCUT2D eigenvalue weighted by molar-refractivity contribution is 1.19. The molecular weight excluding hydrogens is 166 g/mol. The first-order valence-corrected chi connectivity index (χ1v) is 4.94. The number of thioether (sulfide) groups is 1. The van der Waals surface area contributed by atoms with Crippen LogP contribution >= 0.6 is 11.8 Å². The molecule has 0 saturated carbocycles. The second-order valence-corrected chi connectivity index (χ2v) is 3.26. The number of rotatable bonds is 1. The Morgan fingerprint density at radius 2 is 2.17 bits per heavy atom. The monoisotopic (exact) mass is 174 g/mol. The maximum Gasteiger partial charge on any atom is 0.104 e. The van der Waals surface area contributed by atoms with E-state index in [1.165, 1.54) is 0 Å². The first kappa shape index (κ1) is 7.62. The van der Waals surface area contributed by atoms with Crippen LogP contribution in [0, 0.1) is 6.07 Å². The molecule has 0 spiro atoms. The summed E-state index contributed by atoms with van der Waals surface area (Å²) in [5.74, 6) is 0. The number of benzene rings is 1. The second kappa shape index (κ2) is 3.15. The van der Waals surface area contributed by atoms with Gasteiger partial charge >= 0.3 is 0 Å². The summed E-state index contributed by atoms with van der Waals surface area (Å²) >= 11 is 1.62. The van der Waals surface area contributed by atoms with Crippen LogP contribution < -0.4 is 0 Å². The van der Waals surface area contributed by atoms with Crippen molar-refractivity contribution >= 4 is 22.7 Å². The number of fused-ring (bicyclic) bond motifs is 1. The molecule has 0 unspecified atom stereocenters. The molecule has 0 aliphatic heterocycles. The standard InChI is InChI=1S/C10H8NS/c1-12-10-7-6-8-4-2-3-5-9(8)11-10/h2-6H,1H3. The first-order chi connectivity index (χ1) is 5.90. The van der Waals surface area contributed by atoms with Gasteiger partial charge in [0.05, 0.1) is 5.52 Å². The summed E-state index contributed by atoms with van der Waals surface area (Å²) in [4.78, 5) is 4.40. The van der Waals surface area contributed by atoms with Crippen LogP contribution in [-0.4, -0.2) is 11.2 Å². The van der Waals surface area contributed by atoms with Gasteiger partial charge in [-0.3, -0.25) is 0 Å². The van der Waals surface area contributed by atoms with Crippen molar-refractivity contribution in [2.24, 2.45) is 0 Å². The lowest BCUT2D eigenvalue weighted by Crippen LogP contribution is -1.80. The zero-order valence-electron chi connectivity index (χ0n) is 6.74. The van der Waals surface area contributed by atoms with Crippen LogP contribution in [0.2, 0.25) is 0 Å². The average molecular weight is 174 g/mol. The molecule has 0 fully saturated rings. The summed E-state index contributed by atoms with van der Waals surface area (Å²) < 4.78 is 0. The summed E-state index contributed by atoms with van der Waals surface area (Å²) in [6, 6.07) is 13.2. The number of hydrogen-bond acceptors (Lipinski definition) is 2. The van der Waals surface area contributed by atoms with Crippen molar-refractivity contribution in [1.29, 1.82) is 0 Å². The lowest BCUT2D eigenvalue weighted by atomic mass is 10.2. The van der Waals surface area contributed by atoms with Crippen LogP contribution in [0.4, 0.5) is 0 Å². The van der Waals surface area contributed by atoms with Crippen LogP contribution in [0.15, 0.2) is 35.4 Å². The first-order valence-electron chi connectivity index (χ1n) is 3.71. The number of pyridine rings is 1. The van der Waals surface area contributed by atoms with E-state index in [1.807, 2.05) is 36.6 Å². The van der Waals surface area contributed by atoms with Crippen LogP contribution in [0.3, 0.4) is 0 Å². The van der Waals surface area contributed by atoms with Crippen molar-refractivity contribution in [3.05, 3.63) is 36.4 Å². The molecule has 59 valence electrons. The molecule has 1 heterocycles. The van der Waals surface area contributed by atoms with E-state index in [2.05, 4.69) is 11.1 Å². The molecule has 0 amide bonds. The molecule has 2 aromatic rings. The molecule has 2 rings (SSSR count). The van der Waals surface area contributed by atoms with Gasteiger partial charge in [0.2, 0.25) is 0 Å². The van der Waals surface area contributed by atoms with Crippen molar-refractivity contribution in [2.45, 2.75) is 5.03 Å². The third kappa shape index (κ3) is 1.30. The maximum atomic E-state index is 4.40. The van der Waals surface area contributed by atoms with E-state index in [1.54, 1.807) is 11.8 Å². The highest BCUT2D eigenvalue weighted by Crippen LogP contribution is 2.16. The lowest BCUT2D eigenvalue weighted by Gasteiger charge is -1.97. The minimum atomic E-state index is 0.953. The Kier molecular flexibility index (Phi) is 2.00. The fourth-order valence-corrected chi connectivity index (χ4v) is 1.46. The highest BCUT2D eigenvalue weighted by Gasteiger charge is 1.94. The summed E-state index contributed by atoms with van der Waals surface area (Å²) in [5, 5.41) is 2.10. The molecular formula is C10H8NS. The zero-order chi connectivity index (χ0) is 8.39. The Morgan fingerprint density at radius 3 is 3.00 bits per heavy atom. The Hall–Kier alpha value is -1.02. The normalized spacial score (nSPS) is 10.4. The molecule has 1 nitrogen and oxygen atoms in total. The van der Waals surface area contributed by atoms with E-state index >= 15 is 0 Å². The van der Waals surface area contributed by atoms with Crippen LogP contribution in [0.5, 0.6) is 0 Å². The SMILES string of the molecule is CSc1[c]cc2ccccc2n1. The third-order valence-corrected chi connectivity index (χ3v) is 2.30. The van der Waals surface area contributed by atoms with E-state index in [4.69, 9.17) is 0 Å². The van der Waals surface area contributed by atoms with Crippen molar-refractivity contribution in [2.75, 3.05) is 6.26 Å². The van der Waals surface area contributed by atoms with E-state index in [9.17, 15) is 0 Å². The fourth-order valence-electron chi connectivity index (χ4n) is 1.10. The Labute approximate surface area is 75.8 Å². The second-order valence-electron chi connectivity index (χ2n) is 2.47. The van der Waals surface area contributed by atoms with Crippen molar-refractivity contribution in [3.63, 3.8) is 0 Å². The molecule has 0 N–H and O–H groups in total. The van der Waals surface area contributed by atoms with Crippen LogP contribution in [0.25, 0.3) is 10.9 Å². The number of aromatic nitrogens is 1. The predicted octanol–water partition coefficient (Wildman–Crippen LogP) is 2.76. The molecule has 0 aliphatic carbocycles. The minimum Gasteiger partial charge on any atom is -0.241 e. The fraction of sp³-hybridized carbons (Fsp3) is 0.100. The van der Waals surface area contributed by atoms with E-state index < -0.39 is 0 Å². The molecule has 0 saturated heterocycles. The molecule has 12 heavy (non-hydrogen) atoms. The molecule has 0 atom stereocenters. The summed E-state index contributed by atoms with van der Waals surface area (Å²) in [6.07, 6.45) is 2.01. The number of nitrogens with zero attached hydrogens (tertiary/aromatic N) is 1. The largest absolute Gasteiger partial charge is 0.241 e. The van der Waals surface area contributed by atoms with Gasteiger partial charge in [-0.1, -0.05) is 18.2 Å². The van der Waals surface area contributed by atoms with Crippen molar-refractivity contribution in [1.82, 2.24) is 4.98 Å². The number of para-hydroxylation sites is 1. The van der Waals surface area contributed by atoms with E-state index in [0.29, 0.717) is 0 Å². The Balaban J connectivity index is 2.67. The highest BCUT2D eigenvalue weighted by molar-refractivity contribution is 7.98. The smallest absolute Gasteiger partial charge is 0.104 e. The van der Waals surface area contributed by atoms with Gasteiger partial charge in [-0.05, 0) is 18.4 Å². The van der Waals surface area contributed by atoms with Gasteiger partial charge in [-0.25, -0.2) is 4.98 Å². The quantitative estimate of drug-likeness (QED) is 0.616. The summed E-state index contributed by atoms with van der Waals surface area (Å²) in [6.45, 7) is 0. The third-order valence-electron chi connectivity index (χ3n) is 1.70. The molecule has 0 bridgehead atoms. The van der Waals surface area contributed by atoms with Gasteiger partial charge in [0.1, 0.15) is 5.03 Å². The van der Waals surface area contributed by atoms with Gasteiger partial charge in [0.25, 0.3) is 0 Å². The van der Waals surface area contributed by atoms with E-state index in [-0.39, 0.29) is 0 Å². The number of hydrogen-bond donors (Lipinski definition) is 0. The average Bonchev–Trinajstić information content (AvgIpc) is 2.17. The summed E-state index contributed by atoms with van der Waals surface area (Å²) in [7, 11) is 0. The van der Waals surface area contributed by atoms with Crippen LogP contribution in [0.1, 0.15) is 0 Å². The zero-order valence-corrected chi connectivity index (χ0v) is 7.56. The molecule has 2 heteroatoms. The Morgan fingerprint density at radius 1 is 1.33 bits per heavy atom. The minimum absolute atomic E-state index is 0.953. The van der Waals surface area contributed by atoms with Gasteiger partial charge in [-0.2, -0.15) is 0 Å². The molecule has 1 radical (unpaired) electrons. The van der Waals surface area contributed by atoms with Crippen LogP contribution in [-0.2, 0) is 0 Å².